The average molecular weight is 153 g/mol. The van der Waals surface area contributed by atoms with Crippen LogP contribution < -0.4 is 4.74 Å². The highest BCUT2D eigenvalue weighted by Gasteiger charge is 1.97. The van der Waals surface area contributed by atoms with Crippen LogP contribution in [-0.2, 0) is 0 Å². The van der Waals surface area contributed by atoms with Gasteiger partial charge in [-0.3, -0.25) is 0 Å². The lowest BCUT2D eigenvalue weighted by atomic mass is 10.3. The summed E-state index contributed by atoms with van der Waals surface area (Å²) >= 11 is 0. The molecule has 0 aliphatic carbocycles. The van der Waals surface area contributed by atoms with Crippen LogP contribution in [0, 0.1) is 6.92 Å². The van der Waals surface area contributed by atoms with E-state index >= 15 is 0 Å². The molecule has 2 heteroatoms. The Morgan fingerprint density at radius 3 is 2.91 bits per heavy atom. The molecule has 1 heterocycles. The van der Waals surface area contributed by atoms with Crippen molar-refractivity contribution in [3.8, 4) is 5.88 Å². The quantitative estimate of drug-likeness (QED) is 0.660. The highest BCUT2D eigenvalue weighted by molar-refractivity contribution is 5.24. The van der Waals surface area contributed by atoms with Gasteiger partial charge >= 0.3 is 0 Å². The predicted molar refractivity (Wildman–Crippen MR) is 45.9 cm³/mol. The Kier molecular flexibility index (Phi) is 3.02. The van der Waals surface area contributed by atoms with Crippen LogP contribution in [0.15, 0.2) is 12.3 Å². The molecule has 0 aliphatic heterocycles. The van der Waals surface area contributed by atoms with Crippen molar-refractivity contribution < 1.29 is 4.74 Å². The SMILES string of the molecule is CCCCOc1[nH]ccc1C. The van der Waals surface area contributed by atoms with Crippen LogP contribution in [0.3, 0.4) is 0 Å². The number of hydrogen-bond donors (Lipinski definition) is 1. The Hall–Kier alpha value is -0.920. The maximum absolute atomic E-state index is 5.46. The first kappa shape index (κ1) is 8.18. The highest BCUT2D eigenvalue weighted by Crippen LogP contribution is 2.13. The van der Waals surface area contributed by atoms with Gasteiger partial charge < -0.3 is 9.72 Å². The second-order valence-corrected chi connectivity index (χ2v) is 2.69. The Labute approximate surface area is 67.6 Å². The van der Waals surface area contributed by atoms with E-state index in [4.69, 9.17) is 4.74 Å². The number of aromatic amines is 1. The molecule has 62 valence electrons. The van der Waals surface area contributed by atoms with Crippen molar-refractivity contribution in [3.63, 3.8) is 0 Å². The van der Waals surface area contributed by atoms with E-state index in [1.54, 1.807) is 0 Å². The van der Waals surface area contributed by atoms with Gasteiger partial charge in [-0.25, -0.2) is 0 Å². The smallest absolute Gasteiger partial charge is 0.193 e. The predicted octanol–water partition coefficient (Wildman–Crippen LogP) is 2.50. The van der Waals surface area contributed by atoms with Gasteiger partial charge in [-0.1, -0.05) is 13.3 Å². The topological polar surface area (TPSA) is 25.0 Å². The van der Waals surface area contributed by atoms with Crippen LogP contribution in [0.4, 0.5) is 0 Å². The number of ether oxygens (including phenoxy) is 1. The summed E-state index contributed by atoms with van der Waals surface area (Å²) in [6.45, 7) is 5.01. The minimum Gasteiger partial charge on any atom is -0.479 e. The normalized spacial score (nSPS) is 10.0. The first-order chi connectivity index (χ1) is 5.34. The molecule has 0 spiro atoms. The first-order valence-corrected chi connectivity index (χ1v) is 4.11. The molecule has 1 aromatic heterocycles. The molecule has 0 fully saturated rings. The van der Waals surface area contributed by atoms with Crippen molar-refractivity contribution >= 4 is 0 Å². The maximum atomic E-state index is 5.46. The third-order valence-electron chi connectivity index (χ3n) is 1.65. The summed E-state index contributed by atoms with van der Waals surface area (Å²) in [5.74, 6) is 0.915. The summed E-state index contributed by atoms with van der Waals surface area (Å²) in [4.78, 5) is 3.04. The first-order valence-electron chi connectivity index (χ1n) is 4.11. The zero-order chi connectivity index (χ0) is 8.10. The Morgan fingerprint density at radius 2 is 2.36 bits per heavy atom. The van der Waals surface area contributed by atoms with Crippen molar-refractivity contribution in [3.05, 3.63) is 17.8 Å². The van der Waals surface area contributed by atoms with Crippen LogP contribution in [0.25, 0.3) is 0 Å². The van der Waals surface area contributed by atoms with Crippen molar-refractivity contribution in [1.82, 2.24) is 4.98 Å². The molecule has 0 bridgehead atoms. The minimum atomic E-state index is 0.817. The molecule has 0 amide bonds. The molecule has 0 atom stereocenters. The summed E-state index contributed by atoms with van der Waals surface area (Å²) in [5, 5.41) is 0. The monoisotopic (exact) mass is 153 g/mol. The van der Waals surface area contributed by atoms with Gasteiger partial charge in [-0.05, 0) is 19.4 Å². The second-order valence-electron chi connectivity index (χ2n) is 2.69. The number of H-pyrrole nitrogens is 1. The third kappa shape index (κ3) is 2.30. The molecule has 0 saturated heterocycles. The number of unbranched alkanes of at least 4 members (excludes halogenated alkanes) is 1. The number of nitrogens with one attached hydrogen (secondary N) is 1. The van der Waals surface area contributed by atoms with E-state index in [1.165, 1.54) is 12.0 Å². The summed E-state index contributed by atoms with van der Waals surface area (Å²) < 4.78 is 5.46. The van der Waals surface area contributed by atoms with E-state index in [2.05, 4.69) is 11.9 Å². The molecule has 0 saturated carbocycles. The van der Waals surface area contributed by atoms with E-state index < -0.39 is 0 Å². The van der Waals surface area contributed by atoms with Crippen LogP contribution in [0.2, 0.25) is 0 Å². The zero-order valence-corrected chi connectivity index (χ0v) is 7.18. The van der Waals surface area contributed by atoms with Gasteiger partial charge in [0.25, 0.3) is 0 Å². The number of aryl methyl sites for hydroxylation is 1. The maximum Gasteiger partial charge on any atom is 0.193 e. The lowest BCUT2D eigenvalue weighted by Gasteiger charge is -2.02. The molecule has 0 unspecified atom stereocenters. The van der Waals surface area contributed by atoms with Crippen LogP contribution in [0.5, 0.6) is 5.88 Å². The summed E-state index contributed by atoms with van der Waals surface area (Å²) in [5.41, 5.74) is 1.18. The van der Waals surface area contributed by atoms with Gasteiger partial charge in [0.05, 0.1) is 6.61 Å². The van der Waals surface area contributed by atoms with Gasteiger partial charge in [0.15, 0.2) is 5.88 Å². The molecular formula is C9H15NO. The van der Waals surface area contributed by atoms with E-state index in [0.717, 1.165) is 18.9 Å². The minimum absolute atomic E-state index is 0.817. The van der Waals surface area contributed by atoms with Gasteiger partial charge in [0.1, 0.15) is 0 Å². The fraction of sp³-hybridized carbons (Fsp3) is 0.556. The highest BCUT2D eigenvalue weighted by atomic mass is 16.5. The molecule has 0 radical (unpaired) electrons. The second kappa shape index (κ2) is 4.06. The van der Waals surface area contributed by atoms with Gasteiger partial charge in [0.2, 0.25) is 0 Å². The van der Waals surface area contributed by atoms with Crippen molar-refractivity contribution in [2.75, 3.05) is 6.61 Å². The average Bonchev–Trinajstić information content (AvgIpc) is 2.37. The summed E-state index contributed by atoms with van der Waals surface area (Å²) in [6.07, 6.45) is 4.20. The molecule has 11 heavy (non-hydrogen) atoms. The fourth-order valence-corrected chi connectivity index (χ4v) is 0.906. The van der Waals surface area contributed by atoms with Gasteiger partial charge in [-0.15, -0.1) is 0 Å². The Morgan fingerprint density at radius 1 is 1.55 bits per heavy atom. The fourth-order valence-electron chi connectivity index (χ4n) is 0.906. The van der Waals surface area contributed by atoms with Crippen LogP contribution in [0.1, 0.15) is 25.3 Å². The third-order valence-corrected chi connectivity index (χ3v) is 1.65. The molecule has 0 aliphatic rings. The number of aromatic nitrogens is 1. The number of hydrogen-bond acceptors (Lipinski definition) is 1. The van der Waals surface area contributed by atoms with E-state index in [-0.39, 0.29) is 0 Å². The van der Waals surface area contributed by atoms with Gasteiger partial charge in [0, 0.05) is 11.8 Å². The Balaban J connectivity index is 2.32. The zero-order valence-electron chi connectivity index (χ0n) is 7.18. The largest absolute Gasteiger partial charge is 0.479 e. The number of rotatable bonds is 4. The van der Waals surface area contributed by atoms with Crippen molar-refractivity contribution in [2.45, 2.75) is 26.7 Å². The lowest BCUT2D eigenvalue weighted by Crippen LogP contribution is -1.97. The van der Waals surface area contributed by atoms with Crippen LogP contribution in [-0.4, -0.2) is 11.6 Å². The summed E-state index contributed by atoms with van der Waals surface area (Å²) in [6, 6.07) is 2.02. The van der Waals surface area contributed by atoms with E-state index in [1.807, 2.05) is 19.2 Å². The lowest BCUT2D eigenvalue weighted by molar-refractivity contribution is 0.297. The van der Waals surface area contributed by atoms with Crippen LogP contribution >= 0.6 is 0 Å². The summed E-state index contributed by atoms with van der Waals surface area (Å²) in [7, 11) is 0. The molecule has 1 rings (SSSR count). The van der Waals surface area contributed by atoms with E-state index in [9.17, 15) is 0 Å². The molecule has 1 aromatic rings. The molecule has 2 nitrogen and oxygen atoms in total. The van der Waals surface area contributed by atoms with Crippen molar-refractivity contribution in [2.24, 2.45) is 0 Å². The van der Waals surface area contributed by atoms with E-state index in [0.29, 0.717) is 0 Å². The van der Waals surface area contributed by atoms with Crippen molar-refractivity contribution in [1.29, 1.82) is 0 Å². The molecule has 0 aromatic carbocycles. The Bertz CT molecular complexity index is 205. The van der Waals surface area contributed by atoms with Gasteiger partial charge in [-0.2, -0.15) is 0 Å². The standard InChI is InChI=1S/C9H15NO/c1-3-4-7-11-9-8(2)5-6-10-9/h5-6,10H,3-4,7H2,1-2H3. The molecule has 1 N–H and O–H groups in total. The molecular weight excluding hydrogens is 138 g/mol.